The number of ketones is 1. The molecule has 0 bridgehead atoms. The molecule has 0 aliphatic carbocycles. The number of aromatic hydroxyl groups is 1. The van der Waals surface area contributed by atoms with Crippen LogP contribution in [0.4, 0.5) is 0 Å². The molecule has 0 aromatic carbocycles. The highest BCUT2D eigenvalue weighted by Crippen LogP contribution is 2.24. The number of aliphatic hydroxyl groups excluding tert-OH is 1. The zero-order valence-corrected chi connectivity index (χ0v) is 9.23. The molecule has 0 atom stereocenters. The lowest BCUT2D eigenvalue weighted by Gasteiger charge is -2.10. The van der Waals surface area contributed by atoms with Crippen molar-refractivity contribution in [2.24, 2.45) is 5.73 Å². The van der Waals surface area contributed by atoms with E-state index in [1.54, 1.807) is 6.92 Å². The molecule has 0 aliphatic heterocycles. The summed E-state index contributed by atoms with van der Waals surface area (Å²) in [5.41, 5.74) is 6.75. The number of rotatable bonds is 5. The van der Waals surface area contributed by atoms with E-state index in [-0.39, 0.29) is 31.1 Å². The van der Waals surface area contributed by atoms with Crippen LogP contribution in [-0.4, -0.2) is 21.0 Å². The zero-order chi connectivity index (χ0) is 12.1. The number of aliphatic hydroxyl groups is 1. The van der Waals surface area contributed by atoms with E-state index in [0.29, 0.717) is 23.2 Å². The van der Waals surface area contributed by atoms with Crippen molar-refractivity contribution in [3.05, 3.63) is 23.0 Å². The summed E-state index contributed by atoms with van der Waals surface area (Å²) < 4.78 is 0. The number of carbonyl (C=O) groups excluding carboxylic acids is 1. The summed E-state index contributed by atoms with van der Waals surface area (Å²) in [5.74, 6) is -0.0710. The lowest BCUT2D eigenvalue weighted by molar-refractivity contribution is -0.118. The van der Waals surface area contributed by atoms with Gasteiger partial charge >= 0.3 is 0 Å². The molecule has 0 amide bonds. The summed E-state index contributed by atoms with van der Waals surface area (Å²) in [4.78, 5) is 15.2. The molecule has 1 aromatic rings. The highest BCUT2D eigenvalue weighted by molar-refractivity contribution is 5.80. The predicted octanol–water partition coefficient (Wildman–Crippen LogP) is 0.260. The maximum atomic E-state index is 11.3. The molecule has 88 valence electrons. The Hall–Kier alpha value is -1.46. The van der Waals surface area contributed by atoms with Crippen molar-refractivity contribution in [1.29, 1.82) is 0 Å². The topological polar surface area (TPSA) is 96.4 Å². The summed E-state index contributed by atoms with van der Waals surface area (Å²) >= 11 is 0. The van der Waals surface area contributed by atoms with E-state index < -0.39 is 0 Å². The van der Waals surface area contributed by atoms with Crippen LogP contribution in [0.3, 0.4) is 0 Å². The molecule has 0 saturated heterocycles. The number of Topliss-reactive ketones (excluding diaryl/α,β-unsaturated/α-hetero) is 1. The number of carbonyl (C=O) groups is 1. The van der Waals surface area contributed by atoms with Gasteiger partial charge in [-0.2, -0.15) is 0 Å². The fraction of sp³-hybridized carbons (Fsp3) is 0.455. The summed E-state index contributed by atoms with van der Waals surface area (Å²) in [6.45, 7) is 1.64. The van der Waals surface area contributed by atoms with E-state index in [2.05, 4.69) is 4.98 Å². The van der Waals surface area contributed by atoms with Crippen molar-refractivity contribution in [1.82, 2.24) is 4.98 Å². The lowest BCUT2D eigenvalue weighted by Crippen LogP contribution is -2.08. The number of nitrogens with two attached hydrogens (primary N) is 1. The summed E-state index contributed by atoms with van der Waals surface area (Å²) in [6.07, 6.45) is 1.95. The van der Waals surface area contributed by atoms with Crippen LogP contribution < -0.4 is 5.73 Å². The van der Waals surface area contributed by atoms with Gasteiger partial charge in [0, 0.05) is 30.3 Å². The van der Waals surface area contributed by atoms with Crippen LogP contribution in [-0.2, 0) is 24.4 Å². The Labute approximate surface area is 93.9 Å². The fourth-order valence-electron chi connectivity index (χ4n) is 1.43. The smallest absolute Gasteiger partial charge is 0.142 e. The Bertz CT molecular complexity index is 391. The Morgan fingerprint density at radius 2 is 2.25 bits per heavy atom. The second kappa shape index (κ2) is 5.58. The second-order valence-corrected chi connectivity index (χ2v) is 3.49. The SMILES string of the molecule is CCC(=O)Cc1ncc(CO)c(CN)c1O. The fourth-order valence-corrected chi connectivity index (χ4v) is 1.43. The van der Waals surface area contributed by atoms with E-state index in [1.807, 2.05) is 0 Å². The van der Waals surface area contributed by atoms with Crippen LogP contribution in [0.2, 0.25) is 0 Å². The number of hydrogen-bond acceptors (Lipinski definition) is 5. The molecule has 0 fully saturated rings. The summed E-state index contributed by atoms with van der Waals surface area (Å²) in [6, 6.07) is 0. The molecule has 0 unspecified atom stereocenters. The third kappa shape index (κ3) is 2.56. The zero-order valence-electron chi connectivity index (χ0n) is 9.23. The molecule has 0 aliphatic rings. The van der Waals surface area contributed by atoms with Crippen LogP contribution in [0.1, 0.15) is 30.2 Å². The first-order valence-corrected chi connectivity index (χ1v) is 5.15. The minimum Gasteiger partial charge on any atom is -0.506 e. The van der Waals surface area contributed by atoms with E-state index in [1.165, 1.54) is 6.20 Å². The average molecular weight is 224 g/mol. The van der Waals surface area contributed by atoms with Crippen molar-refractivity contribution in [3.63, 3.8) is 0 Å². The predicted molar refractivity (Wildman–Crippen MR) is 58.7 cm³/mol. The van der Waals surface area contributed by atoms with Gasteiger partial charge in [0.2, 0.25) is 0 Å². The Morgan fingerprint density at radius 1 is 1.56 bits per heavy atom. The summed E-state index contributed by atoms with van der Waals surface area (Å²) in [7, 11) is 0. The van der Waals surface area contributed by atoms with Crippen LogP contribution in [0.5, 0.6) is 5.75 Å². The monoisotopic (exact) mass is 224 g/mol. The minimum absolute atomic E-state index is 0.00233. The normalized spacial score (nSPS) is 10.4. The maximum Gasteiger partial charge on any atom is 0.142 e. The Kier molecular flexibility index (Phi) is 4.39. The Morgan fingerprint density at radius 3 is 2.75 bits per heavy atom. The van der Waals surface area contributed by atoms with Gasteiger partial charge < -0.3 is 15.9 Å². The first-order chi connectivity index (χ1) is 7.63. The van der Waals surface area contributed by atoms with E-state index in [9.17, 15) is 9.90 Å². The van der Waals surface area contributed by atoms with E-state index in [4.69, 9.17) is 10.8 Å². The first kappa shape index (κ1) is 12.6. The van der Waals surface area contributed by atoms with E-state index in [0.717, 1.165) is 0 Å². The molecular formula is C11H16N2O3. The van der Waals surface area contributed by atoms with E-state index >= 15 is 0 Å². The number of hydrogen-bond donors (Lipinski definition) is 3. The van der Waals surface area contributed by atoms with Crippen molar-refractivity contribution < 1.29 is 15.0 Å². The lowest BCUT2D eigenvalue weighted by atomic mass is 10.0. The quantitative estimate of drug-likeness (QED) is 0.666. The molecule has 0 spiro atoms. The number of pyridine rings is 1. The third-order valence-corrected chi connectivity index (χ3v) is 2.46. The largest absolute Gasteiger partial charge is 0.506 e. The van der Waals surface area contributed by atoms with Crippen molar-refractivity contribution >= 4 is 5.78 Å². The summed E-state index contributed by atoms with van der Waals surface area (Å²) in [5, 5.41) is 18.9. The molecule has 16 heavy (non-hydrogen) atoms. The third-order valence-electron chi connectivity index (χ3n) is 2.46. The molecule has 5 heteroatoms. The highest BCUT2D eigenvalue weighted by Gasteiger charge is 2.14. The van der Waals surface area contributed by atoms with Crippen LogP contribution in [0.15, 0.2) is 6.20 Å². The van der Waals surface area contributed by atoms with Crippen LogP contribution in [0.25, 0.3) is 0 Å². The molecule has 0 radical (unpaired) electrons. The highest BCUT2D eigenvalue weighted by atomic mass is 16.3. The van der Waals surface area contributed by atoms with Gasteiger partial charge in [0.15, 0.2) is 0 Å². The van der Waals surface area contributed by atoms with Crippen LogP contribution in [0, 0.1) is 0 Å². The van der Waals surface area contributed by atoms with Crippen molar-refractivity contribution in [2.45, 2.75) is 32.9 Å². The molecule has 0 saturated carbocycles. The average Bonchev–Trinajstić information content (AvgIpc) is 2.31. The van der Waals surface area contributed by atoms with Gasteiger partial charge in [0.25, 0.3) is 0 Å². The van der Waals surface area contributed by atoms with Gasteiger partial charge in [0.1, 0.15) is 11.5 Å². The second-order valence-electron chi connectivity index (χ2n) is 3.49. The molecular weight excluding hydrogens is 208 g/mol. The molecule has 1 rings (SSSR count). The van der Waals surface area contributed by atoms with Gasteiger partial charge in [0.05, 0.1) is 18.7 Å². The maximum absolute atomic E-state index is 11.3. The standard InChI is InChI=1S/C11H16N2O3/c1-2-8(15)3-10-11(16)9(4-12)7(6-14)5-13-10/h5,14,16H,2-4,6,12H2,1H3. The first-order valence-electron chi connectivity index (χ1n) is 5.15. The van der Waals surface area contributed by atoms with Gasteiger partial charge in [-0.05, 0) is 0 Å². The molecule has 1 heterocycles. The number of nitrogens with zero attached hydrogens (tertiary/aromatic N) is 1. The minimum atomic E-state index is -0.227. The van der Waals surface area contributed by atoms with Gasteiger partial charge in [-0.1, -0.05) is 6.92 Å². The Balaban J connectivity index is 3.08. The molecule has 4 N–H and O–H groups in total. The van der Waals surface area contributed by atoms with Crippen molar-refractivity contribution in [3.8, 4) is 5.75 Å². The van der Waals surface area contributed by atoms with Gasteiger partial charge in [-0.3, -0.25) is 9.78 Å². The van der Waals surface area contributed by atoms with Crippen molar-refractivity contribution in [2.75, 3.05) is 0 Å². The number of aromatic nitrogens is 1. The van der Waals surface area contributed by atoms with Gasteiger partial charge in [-0.25, -0.2) is 0 Å². The van der Waals surface area contributed by atoms with Crippen LogP contribution >= 0.6 is 0 Å². The molecule has 1 aromatic heterocycles. The molecule has 5 nitrogen and oxygen atoms in total. The van der Waals surface area contributed by atoms with Gasteiger partial charge in [-0.15, -0.1) is 0 Å².